The summed E-state index contributed by atoms with van der Waals surface area (Å²) >= 11 is 1.99. The molecule has 18 heavy (non-hydrogen) atoms. The van der Waals surface area contributed by atoms with E-state index in [9.17, 15) is 0 Å². The third-order valence-electron chi connectivity index (χ3n) is 4.18. The molecule has 1 N–H and O–H groups in total. The van der Waals surface area contributed by atoms with Gasteiger partial charge < -0.3 is 5.32 Å². The van der Waals surface area contributed by atoms with Crippen LogP contribution in [0.5, 0.6) is 0 Å². The van der Waals surface area contributed by atoms with E-state index >= 15 is 0 Å². The molecule has 3 heteroatoms. The Hall–Kier alpha value is 0.270. The lowest BCUT2D eigenvalue weighted by atomic mass is 9.95. The van der Waals surface area contributed by atoms with Gasteiger partial charge in [0.1, 0.15) is 0 Å². The maximum Gasteiger partial charge on any atom is 0.0247 e. The summed E-state index contributed by atoms with van der Waals surface area (Å²) in [5.41, 5.74) is 0. The monoisotopic (exact) mass is 272 g/mol. The van der Waals surface area contributed by atoms with Crippen molar-refractivity contribution in [3.8, 4) is 0 Å². The lowest BCUT2D eigenvalue weighted by Crippen LogP contribution is -2.61. The number of nitrogens with zero attached hydrogens (tertiary/aromatic N) is 1. The molecule has 1 rings (SSSR count). The minimum atomic E-state index is 0.709. The van der Waals surface area contributed by atoms with E-state index in [2.05, 4.69) is 44.2 Å². The third kappa shape index (κ3) is 4.43. The van der Waals surface area contributed by atoms with Crippen LogP contribution in [0.4, 0.5) is 0 Å². The first kappa shape index (κ1) is 16.3. The van der Waals surface area contributed by atoms with Crippen LogP contribution in [-0.4, -0.2) is 48.1 Å². The summed E-state index contributed by atoms with van der Waals surface area (Å²) in [6, 6.07) is 2.19. The van der Waals surface area contributed by atoms with Crippen molar-refractivity contribution in [3.05, 3.63) is 0 Å². The zero-order chi connectivity index (χ0) is 13.5. The van der Waals surface area contributed by atoms with Crippen LogP contribution in [-0.2, 0) is 0 Å². The summed E-state index contributed by atoms with van der Waals surface area (Å²) in [4.78, 5) is 2.80. The summed E-state index contributed by atoms with van der Waals surface area (Å²) < 4.78 is 0. The van der Waals surface area contributed by atoms with E-state index in [1.54, 1.807) is 0 Å². The highest BCUT2D eigenvalue weighted by Gasteiger charge is 2.33. The minimum Gasteiger partial charge on any atom is -0.311 e. The van der Waals surface area contributed by atoms with Crippen molar-refractivity contribution >= 4 is 11.8 Å². The standard InChI is InChI=1S/C15H32N2S/c1-6-8-13-10-17(14(7-2)11-18-5)15(9-16-13)12(3)4/h12-16H,6-11H2,1-5H3. The van der Waals surface area contributed by atoms with Crippen LogP contribution in [0.2, 0.25) is 0 Å². The summed E-state index contributed by atoms with van der Waals surface area (Å²) in [6.45, 7) is 11.8. The molecule has 0 aromatic heterocycles. The van der Waals surface area contributed by atoms with E-state index < -0.39 is 0 Å². The average molecular weight is 273 g/mol. The first-order valence-corrected chi connectivity index (χ1v) is 9.01. The molecule has 0 amide bonds. The molecule has 0 aromatic rings. The zero-order valence-corrected chi connectivity index (χ0v) is 13.7. The van der Waals surface area contributed by atoms with Gasteiger partial charge in [-0.25, -0.2) is 0 Å². The molecule has 1 aliphatic rings. The average Bonchev–Trinajstić information content (AvgIpc) is 2.36. The molecule has 0 saturated carbocycles. The topological polar surface area (TPSA) is 15.3 Å². The highest BCUT2D eigenvalue weighted by molar-refractivity contribution is 7.98. The molecular weight excluding hydrogens is 240 g/mol. The third-order valence-corrected chi connectivity index (χ3v) is 4.90. The first-order chi connectivity index (χ1) is 8.63. The molecule has 2 nitrogen and oxygen atoms in total. The molecule has 1 saturated heterocycles. The van der Waals surface area contributed by atoms with Gasteiger partial charge in [-0.15, -0.1) is 0 Å². The van der Waals surface area contributed by atoms with Crippen LogP contribution in [0.25, 0.3) is 0 Å². The van der Waals surface area contributed by atoms with Gasteiger partial charge in [0.25, 0.3) is 0 Å². The normalized spacial score (nSPS) is 27.7. The molecule has 0 radical (unpaired) electrons. The van der Waals surface area contributed by atoms with Gasteiger partial charge in [-0.05, 0) is 25.0 Å². The zero-order valence-electron chi connectivity index (χ0n) is 12.9. The molecule has 0 aliphatic carbocycles. The van der Waals surface area contributed by atoms with Gasteiger partial charge in [0.15, 0.2) is 0 Å². The molecule has 3 atom stereocenters. The molecule has 0 bridgehead atoms. The van der Waals surface area contributed by atoms with Crippen LogP contribution < -0.4 is 5.32 Å². The predicted octanol–water partition coefficient (Wildman–Crippen LogP) is 3.23. The van der Waals surface area contributed by atoms with E-state index in [1.807, 2.05) is 11.8 Å². The Morgan fingerprint density at radius 1 is 1.33 bits per heavy atom. The molecule has 0 spiro atoms. The summed E-state index contributed by atoms with van der Waals surface area (Å²) in [6.07, 6.45) is 6.12. The summed E-state index contributed by atoms with van der Waals surface area (Å²) in [7, 11) is 0. The summed E-state index contributed by atoms with van der Waals surface area (Å²) in [5, 5.41) is 3.75. The van der Waals surface area contributed by atoms with Crippen LogP contribution in [0.1, 0.15) is 47.0 Å². The maximum absolute atomic E-state index is 3.75. The maximum atomic E-state index is 3.75. The fourth-order valence-electron chi connectivity index (χ4n) is 3.08. The lowest BCUT2D eigenvalue weighted by molar-refractivity contribution is 0.0605. The second kappa shape index (κ2) is 8.44. The Kier molecular flexibility index (Phi) is 7.66. The van der Waals surface area contributed by atoms with E-state index in [-0.39, 0.29) is 0 Å². The Labute approximate surface area is 118 Å². The number of rotatable bonds is 7. The van der Waals surface area contributed by atoms with Crippen molar-refractivity contribution < 1.29 is 0 Å². The smallest absolute Gasteiger partial charge is 0.0247 e. The number of thioether (sulfide) groups is 1. The number of piperazine rings is 1. The predicted molar refractivity (Wildman–Crippen MR) is 84.5 cm³/mol. The molecule has 3 unspecified atom stereocenters. The van der Waals surface area contributed by atoms with Crippen molar-refractivity contribution in [2.75, 3.05) is 25.1 Å². The fraction of sp³-hybridized carbons (Fsp3) is 1.00. The molecule has 1 heterocycles. The molecule has 1 fully saturated rings. The van der Waals surface area contributed by atoms with Crippen molar-refractivity contribution in [1.29, 1.82) is 0 Å². The van der Waals surface area contributed by atoms with Crippen molar-refractivity contribution in [3.63, 3.8) is 0 Å². The Bertz CT molecular complexity index is 221. The highest BCUT2D eigenvalue weighted by Crippen LogP contribution is 2.22. The second-order valence-corrected chi connectivity index (χ2v) is 6.83. The Morgan fingerprint density at radius 2 is 2.06 bits per heavy atom. The SMILES string of the molecule is CCCC1CN(C(CC)CSC)C(C(C)C)CN1. The fourth-order valence-corrected chi connectivity index (χ4v) is 3.89. The van der Waals surface area contributed by atoms with Gasteiger partial charge in [-0.1, -0.05) is 34.1 Å². The lowest BCUT2D eigenvalue weighted by Gasteiger charge is -2.46. The van der Waals surface area contributed by atoms with E-state index in [1.165, 1.54) is 38.1 Å². The van der Waals surface area contributed by atoms with Gasteiger partial charge in [0.05, 0.1) is 0 Å². The molecule has 108 valence electrons. The van der Waals surface area contributed by atoms with Crippen molar-refractivity contribution in [2.24, 2.45) is 5.92 Å². The van der Waals surface area contributed by atoms with Crippen LogP contribution in [0, 0.1) is 5.92 Å². The van der Waals surface area contributed by atoms with Crippen LogP contribution in [0.15, 0.2) is 0 Å². The van der Waals surface area contributed by atoms with Crippen molar-refractivity contribution in [1.82, 2.24) is 10.2 Å². The molecule has 0 aromatic carbocycles. The van der Waals surface area contributed by atoms with E-state index in [0.29, 0.717) is 6.04 Å². The number of hydrogen-bond donors (Lipinski definition) is 1. The van der Waals surface area contributed by atoms with Crippen LogP contribution in [0.3, 0.4) is 0 Å². The quantitative estimate of drug-likeness (QED) is 0.766. The minimum absolute atomic E-state index is 0.709. The summed E-state index contributed by atoms with van der Waals surface area (Å²) in [5.74, 6) is 2.02. The Morgan fingerprint density at radius 3 is 2.56 bits per heavy atom. The van der Waals surface area contributed by atoms with Crippen LogP contribution >= 0.6 is 11.8 Å². The van der Waals surface area contributed by atoms with E-state index in [4.69, 9.17) is 0 Å². The van der Waals surface area contributed by atoms with Gasteiger partial charge in [0, 0.05) is 37.0 Å². The van der Waals surface area contributed by atoms with E-state index in [0.717, 1.165) is 18.0 Å². The molecule has 1 aliphatic heterocycles. The van der Waals surface area contributed by atoms with Gasteiger partial charge >= 0.3 is 0 Å². The van der Waals surface area contributed by atoms with Gasteiger partial charge in [0.2, 0.25) is 0 Å². The first-order valence-electron chi connectivity index (χ1n) is 7.62. The molecular formula is C15H32N2S. The number of nitrogens with one attached hydrogen (secondary N) is 1. The number of hydrogen-bond acceptors (Lipinski definition) is 3. The van der Waals surface area contributed by atoms with Gasteiger partial charge in [-0.3, -0.25) is 4.90 Å². The van der Waals surface area contributed by atoms with Gasteiger partial charge in [-0.2, -0.15) is 11.8 Å². The highest BCUT2D eigenvalue weighted by atomic mass is 32.2. The second-order valence-electron chi connectivity index (χ2n) is 5.92. The largest absolute Gasteiger partial charge is 0.311 e. The van der Waals surface area contributed by atoms with Crippen molar-refractivity contribution in [2.45, 2.75) is 65.1 Å². The Balaban J connectivity index is 2.69.